The number of aromatic nitrogens is 1. The third-order valence-electron chi connectivity index (χ3n) is 4.70. The minimum absolute atomic E-state index is 0.0511. The van der Waals surface area contributed by atoms with Crippen LogP contribution in [0.2, 0.25) is 5.02 Å². The van der Waals surface area contributed by atoms with E-state index in [4.69, 9.17) is 11.6 Å². The molecule has 126 valence electrons. The summed E-state index contributed by atoms with van der Waals surface area (Å²) in [5, 5.41) is 4.43. The number of nitrogens with one attached hydrogen (secondary N) is 1. The van der Waals surface area contributed by atoms with Crippen LogP contribution in [-0.2, 0) is 0 Å². The molecule has 1 unspecified atom stereocenters. The van der Waals surface area contributed by atoms with Crippen LogP contribution in [0.1, 0.15) is 22.6 Å². The minimum atomic E-state index is -0.0511. The number of rotatable bonds is 4. The van der Waals surface area contributed by atoms with Crippen molar-refractivity contribution in [2.24, 2.45) is 5.92 Å². The molecule has 0 aliphatic carbocycles. The SMILES string of the molecule is O=C(NC1CN2CCC1CC2)c1ncc(Sc2ccccc2Cl)s1. The normalized spacial score (nSPS) is 25.6. The molecule has 5 rings (SSSR count). The van der Waals surface area contributed by atoms with Crippen molar-refractivity contribution in [2.45, 2.75) is 28.0 Å². The minimum Gasteiger partial charge on any atom is -0.346 e. The molecule has 0 radical (unpaired) electrons. The van der Waals surface area contributed by atoms with Gasteiger partial charge in [0.25, 0.3) is 5.91 Å². The van der Waals surface area contributed by atoms with E-state index in [1.54, 1.807) is 18.0 Å². The van der Waals surface area contributed by atoms with Crippen molar-refractivity contribution in [3.8, 4) is 0 Å². The van der Waals surface area contributed by atoms with Crippen molar-refractivity contribution in [2.75, 3.05) is 19.6 Å². The summed E-state index contributed by atoms with van der Waals surface area (Å²) in [6.45, 7) is 3.32. The fraction of sp³-hybridized carbons (Fsp3) is 0.412. The average molecular weight is 380 g/mol. The quantitative estimate of drug-likeness (QED) is 0.878. The Morgan fingerprint density at radius 1 is 1.33 bits per heavy atom. The highest BCUT2D eigenvalue weighted by atomic mass is 35.5. The summed E-state index contributed by atoms with van der Waals surface area (Å²) in [4.78, 5) is 20.2. The maximum absolute atomic E-state index is 12.5. The lowest BCUT2D eigenvalue weighted by atomic mass is 9.84. The summed E-state index contributed by atoms with van der Waals surface area (Å²) in [5.74, 6) is 0.570. The summed E-state index contributed by atoms with van der Waals surface area (Å²) in [5.41, 5.74) is 0. The number of hydrogen-bond acceptors (Lipinski definition) is 5. The standard InChI is InChI=1S/C17H18ClN3OS2/c18-12-3-1-2-4-14(12)23-15-9-19-17(24-15)16(22)20-13-10-21-7-5-11(13)6-8-21/h1-4,9,11,13H,5-8,10H2,(H,20,22). The Kier molecular flexibility index (Phi) is 4.81. The van der Waals surface area contributed by atoms with Gasteiger partial charge in [-0.2, -0.15) is 0 Å². The summed E-state index contributed by atoms with van der Waals surface area (Å²) < 4.78 is 0.974. The zero-order valence-corrected chi connectivity index (χ0v) is 15.5. The Bertz CT molecular complexity index is 743. The number of fused-ring (bicyclic) bond motifs is 3. The first-order valence-corrected chi connectivity index (χ1v) is 10.1. The van der Waals surface area contributed by atoms with E-state index in [-0.39, 0.29) is 11.9 Å². The largest absolute Gasteiger partial charge is 0.346 e. The molecular weight excluding hydrogens is 362 g/mol. The molecule has 7 heteroatoms. The van der Waals surface area contributed by atoms with E-state index in [1.165, 1.54) is 37.3 Å². The molecule has 1 aromatic carbocycles. The lowest BCUT2D eigenvalue weighted by Gasteiger charge is -2.44. The van der Waals surface area contributed by atoms with Gasteiger partial charge in [-0.05, 0) is 44.0 Å². The highest BCUT2D eigenvalue weighted by Gasteiger charge is 2.35. The van der Waals surface area contributed by atoms with E-state index in [1.807, 2.05) is 24.3 Å². The molecular formula is C17H18ClN3OS2. The third kappa shape index (κ3) is 3.47. The van der Waals surface area contributed by atoms with Crippen molar-refractivity contribution >= 4 is 40.6 Å². The second-order valence-corrected chi connectivity index (χ2v) is 9.01. The molecule has 1 N–H and O–H groups in total. The van der Waals surface area contributed by atoms with Crippen LogP contribution >= 0.6 is 34.7 Å². The molecule has 3 fully saturated rings. The first kappa shape index (κ1) is 16.4. The first-order chi connectivity index (χ1) is 11.7. The van der Waals surface area contributed by atoms with Gasteiger partial charge < -0.3 is 10.2 Å². The molecule has 24 heavy (non-hydrogen) atoms. The number of amides is 1. The molecule has 0 saturated carbocycles. The maximum atomic E-state index is 12.5. The van der Waals surface area contributed by atoms with Crippen molar-refractivity contribution in [3.63, 3.8) is 0 Å². The molecule has 1 amide bonds. The Hall–Kier alpha value is -1.08. The smallest absolute Gasteiger partial charge is 0.280 e. The molecule has 2 bridgehead atoms. The monoisotopic (exact) mass is 379 g/mol. The maximum Gasteiger partial charge on any atom is 0.280 e. The molecule has 2 aromatic rings. The van der Waals surface area contributed by atoms with Crippen LogP contribution in [0.5, 0.6) is 0 Å². The summed E-state index contributed by atoms with van der Waals surface area (Å²) in [6, 6.07) is 7.97. The van der Waals surface area contributed by atoms with Crippen LogP contribution in [0.15, 0.2) is 39.6 Å². The van der Waals surface area contributed by atoms with Gasteiger partial charge in [0.2, 0.25) is 0 Å². The lowest BCUT2D eigenvalue weighted by molar-refractivity contribution is 0.0620. The number of benzene rings is 1. The van der Waals surface area contributed by atoms with Crippen molar-refractivity contribution < 1.29 is 4.79 Å². The van der Waals surface area contributed by atoms with Gasteiger partial charge >= 0.3 is 0 Å². The second-order valence-electron chi connectivity index (χ2n) is 6.23. The van der Waals surface area contributed by atoms with E-state index in [0.717, 1.165) is 15.6 Å². The highest BCUT2D eigenvalue weighted by molar-refractivity contribution is 8.01. The number of nitrogens with zero attached hydrogens (tertiary/aromatic N) is 2. The van der Waals surface area contributed by atoms with E-state index in [0.29, 0.717) is 15.9 Å². The average Bonchev–Trinajstić information content (AvgIpc) is 3.07. The fourth-order valence-corrected chi connectivity index (χ4v) is 5.52. The van der Waals surface area contributed by atoms with Gasteiger partial charge in [0.05, 0.1) is 15.4 Å². The van der Waals surface area contributed by atoms with Gasteiger partial charge in [0.1, 0.15) is 0 Å². The second kappa shape index (κ2) is 7.04. The number of carbonyl (C=O) groups excluding carboxylic acids is 1. The number of carbonyl (C=O) groups is 1. The Morgan fingerprint density at radius 3 is 2.83 bits per heavy atom. The third-order valence-corrected chi connectivity index (χ3v) is 7.31. The van der Waals surface area contributed by atoms with Crippen LogP contribution in [-0.4, -0.2) is 41.5 Å². The molecule has 1 aromatic heterocycles. The van der Waals surface area contributed by atoms with Crippen LogP contribution in [0.25, 0.3) is 0 Å². The topological polar surface area (TPSA) is 45.2 Å². The van der Waals surface area contributed by atoms with Crippen LogP contribution in [0, 0.1) is 5.92 Å². The van der Waals surface area contributed by atoms with E-state index in [9.17, 15) is 4.79 Å². The Balaban J connectivity index is 1.41. The van der Waals surface area contributed by atoms with Gasteiger partial charge in [-0.1, -0.05) is 35.5 Å². The zero-order chi connectivity index (χ0) is 16.5. The predicted octanol–water partition coefficient (Wildman–Crippen LogP) is 3.77. The van der Waals surface area contributed by atoms with Crippen molar-refractivity contribution in [1.82, 2.24) is 15.2 Å². The number of thiazole rings is 1. The molecule has 3 saturated heterocycles. The number of piperidine rings is 3. The summed E-state index contributed by atoms with van der Waals surface area (Å²) in [6.07, 6.45) is 4.14. The van der Waals surface area contributed by atoms with Crippen LogP contribution in [0.4, 0.5) is 0 Å². The summed E-state index contributed by atoms with van der Waals surface area (Å²) >= 11 is 9.16. The van der Waals surface area contributed by atoms with Crippen LogP contribution in [0.3, 0.4) is 0 Å². The van der Waals surface area contributed by atoms with E-state index in [2.05, 4.69) is 15.2 Å². The van der Waals surface area contributed by atoms with Crippen molar-refractivity contribution in [1.29, 1.82) is 0 Å². The van der Waals surface area contributed by atoms with E-state index >= 15 is 0 Å². The molecule has 4 nitrogen and oxygen atoms in total. The zero-order valence-electron chi connectivity index (χ0n) is 13.1. The Morgan fingerprint density at radius 2 is 2.12 bits per heavy atom. The van der Waals surface area contributed by atoms with Gasteiger partial charge in [-0.3, -0.25) is 4.79 Å². The summed E-state index contributed by atoms with van der Waals surface area (Å²) in [7, 11) is 0. The Labute approximate surface area is 154 Å². The molecule has 3 aliphatic rings. The van der Waals surface area contributed by atoms with Crippen LogP contribution < -0.4 is 5.32 Å². The molecule has 0 spiro atoms. The first-order valence-electron chi connectivity index (χ1n) is 8.10. The fourth-order valence-electron chi connectivity index (χ4n) is 3.41. The van der Waals surface area contributed by atoms with Crippen molar-refractivity contribution in [3.05, 3.63) is 40.5 Å². The van der Waals surface area contributed by atoms with Gasteiger partial charge in [0, 0.05) is 17.5 Å². The molecule has 3 aliphatic heterocycles. The predicted molar refractivity (Wildman–Crippen MR) is 98.1 cm³/mol. The van der Waals surface area contributed by atoms with Gasteiger partial charge in [-0.15, -0.1) is 11.3 Å². The van der Waals surface area contributed by atoms with Gasteiger partial charge in [0.15, 0.2) is 5.01 Å². The lowest BCUT2D eigenvalue weighted by Crippen LogP contribution is -2.57. The molecule has 1 atom stereocenters. The number of hydrogen-bond donors (Lipinski definition) is 1. The van der Waals surface area contributed by atoms with Gasteiger partial charge in [-0.25, -0.2) is 4.98 Å². The molecule has 4 heterocycles. The highest BCUT2D eigenvalue weighted by Crippen LogP contribution is 2.36. The number of halogens is 1. The van der Waals surface area contributed by atoms with E-state index < -0.39 is 0 Å².